The number of nitrogens with one attached hydrogen (secondary N) is 1. The highest BCUT2D eigenvalue weighted by Crippen LogP contribution is 2.32. The standard InChI is InChI=1S/C17H27N3O3/c1-4-5-6-12-7-9-13(10-8-12)16(22)18-14-11-15(21)20(3)17(23)19(14)2/h11-13H,4-10H2,1-3H3,(H,18,22). The largest absolute Gasteiger partial charge is 0.332 e. The molecule has 0 atom stereocenters. The van der Waals surface area contributed by atoms with Crippen LogP contribution in [0.25, 0.3) is 0 Å². The fourth-order valence-corrected chi connectivity index (χ4v) is 3.29. The minimum Gasteiger partial charge on any atom is -0.312 e. The van der Waals surface area contributed by atoms with Crippen LogP contribution in [0.3, 0.4) is 0 Å². The molecule has 0 spiro atoms. The molecule has 6 nitrogen and oxygen atoms in total. The second kappa shape index (κ2) is 7.62. The zero-order chi connectivity index (χ0) is 17.0. The first-order valence-electron chi connectivity index (χ1n) is 8.52. The van der Waals surface area contributed by atoms with Crippen LogP contribution >= 0.6 is 0 Å². The van der Waals surface area contributed by atoms with Crippen LogP contribution in [-0.2, 0) is 18.9 Å². The second-order valence-corrected chi connectivity index (χ2v) is 6.62. The summed E-state index contributed by atoms with van der Waals surface area (Å²) in [5, 5.41) is 2.76. The van der Waals surface area contributed by atoms with Gasteiger partial charge in [-0.2, -0.15) is 0 Å². The summed E-state index contributed by atoms with van der Waals surface area (Å²) in [6, 6.07) is 1.30. The van der Waals surface area contributed by atoms with Gasteiger partial charge in [-0.1, -0.05) is 26.2 Å². The lowest BCUT2D eigenvalue weighted by molar-refractivity contribution is -0.121. The van der Waals surface area contributed by atoms with Crippen molar-refractivity contribution in [3.8, 4) is 0 Å². The van der Waals surface area contributed by atoms with E-state index in [4.69, 9.17) is 0 Å². The molecular weight excluding hydrogens is 294 g/mol. The van der Waals surface area contributed by atoms with Crippen molar-refractivity contribution in [2.24, 2.45) is 25.9 Å². The van der Waals surface area contributed by atoms with E-state index in [1.807, 2.05) is 0 Å². The zero-order valence-electron chi connectivity index (χ0n) is 14.3. The van der Waals surface area contributed by atoms with Gasteiger partial charge in [-0.3, -0.25) is 18.7 Å². The number of unbranched alkanes of at least 4 members (excludes halogenated alkanes) is 1. The predicted octanol–water partition coefficient (Wildman–Crippen LogP) is 2.02. The predicted molar refractivity (Wildman–Crippen MR) is 90.5 cm³/mol. The molecule has 1 fully saturated rings. The van der Waals surface area contributed by atoms with Gasteiger partial charge in [0.2, 0.25) is 5.91 Å². The van der Waals surface area contributed by atoms with Gasteiger partial charge in [-0.25, -0.2) is 4.79 Å². The minimum absolute atomic E-state index is 0.0213. The third-order valence-electron chi connectivity index (χ3n) is 4.96. The fraction of sp³-hybridized carbons (Fsp3) is 0.706. The van der Waals surface area contributed by atoms with Crippen LogP contribution < -0.4 is 16.6 Å². The summed E-state index contributed by atoms with van der Waals surface area (Å²) < 4.78 is 2.32. The van der Waals surface area contributed by atoms with Crippen LogP contribution in [0.2, 0.25) is 0 Å². The molecule has 0 saturated heterocycles. The molecule has 0 aromatic carbocycles. The van der Waals surface area contributed by atoms with Gasteiger partial charge in [-0.15, -0.1) is 0 Å². The highest BCUT2D eigenvalue weighted by molar-refractivity contribution is 5.91. The van der Waals surface area contributed by atoms with Crippen molar-refractivity contribution >= 4 is 11.7 Å². The number of carbonyl (C=O) groups is 1. The van der Waals surface area contributed by atoms with E-state index in [2.05, 4.69) is 12.2 Å². The average molecular weight is 321 g/mol. The highest BCUT2D eigenvalue weighted by Gasteiger charge is 2.26. The second-order valence-electron chi connectivity index (χ2n) is 6.62. The lowest BCUT2D eigenvalue weighted by Gasteiger charge is -2.27. The number of anilines is 1. The number of aromatic nitrogens is 2. The molecule has 0 bridgehead atoms. The Bertz CT molecular complexity index is 667. The molecule has 128 valence electrons. The Morgan fingerprint density at radius 3 is 2.43 bits per heavy atom. The summed E-state index contributed by atoms with van der Waals surface area (Å²) in [5.41, 5.74) is -0.845. The molecule has 1 saturated carbocycles. The van der Waals surface area contributed by atoms with Crippen molar-refractivity contribution in [3.05, 3.63) is 26.9 Å². The monoisotopic (exact) mass is 321 g/mol. The molecule has 1 amide bonds. The first kappa shape index (κ1) is 17.5. The molecule has 1 aliphatic rings. The molecule has 1 aromatic rings. The zero-order valence-corrected chi connectivity index (χ0v) is 14.3. The number of hydrogen-bond acceptors (Lipinski definition) is 3. The minimum atomic E-state index is -0.434. The van der Waals surface area contributed by atoms with E-state index < -0.39 is 11.2 Å². The Kier molecular flexibility index (Phi) is 5.80. The van der Waals surface area contributed by atoms with Crippen LogP contribution in [0.5, 0.6) is 0 Å². The van der Waals surface area contributed by atoms with E-state index in [1.54, 1.807) is 7.05 Å². The maximum atomic E-state index is 12.4. The lowest BCUT2D eigenvalue weighted by atomic mass is 9.79. The maximum Gasteiger partial charge on any atom is 0.332 e. The van der Waals surface area contributed by atoms with E-state index in [-0.39, 0.29) is 17.6 Å². The molecule has 1 aromatic heterocycles. The van der Waals surface area contributed by atoms with Crippen molar-refractivity contribution in [2.75, 3.05) is 5.32 Å². The molecular formula is C17H27N3O3. The first-order valence-corrected chi connectivity index (χ1v) is 8.52. The topological polar surface area (TPSA) is 73.1 Å². The molecule has 1 aliphatic carbocycles. The van der Waals surface area contributed by atoms with Crippen molar-refractivity contribution in [1.82, 2.24) is 9.13 Å². The SMILES string of the molecule is CCCCC1CCC(C(=O)Nc2cc(=O)n(C)c(=O)n2C)CC1. The number of carbonyl (C=O) groups excluding carboxylic acids is 1. The van der Waals surface area contributed by atoms with Crippen molar-refractivity contribution < 1.29 is 4.79 Å². The van der Waals surface area contributed by atoms with E-state index in [9.17, 15) is 14.4 Å². The molecule has 1 heterocycles. The third-order valence-corrected chi connectivity index (χ3v) is 4.96. The third kappa shape index (κ3) is 4.12. The summed E-state index contributed by atoms with van der Waals surface area (Å²) in [6.07, 6.45) is 7.70. The summed E-state index contributed by atoms with van der Waals surface area (Å²) in [5.74, 6) is 0.915. The van der Waals surface area contributed by atoms with E-state index >= 15 is 0 Å². The maximum absolute atomic E-state index is 12.4. The van der Waals surface area contributed by atoms with Gasteiger partial charge in [0.1, 0.15) is 5.82 Å². The number of amides is 1. The molecule has 0 radical (unpaired) electrons. The smallest absolute Gasteiger partial charge is 0.312 e. The van der Waals surface area contributed by atoms with Crippen molar-refractivity contribution in [2.45, 2.75) is 51.9 Å². The van der Waals surface area contributed by atoms with Gasteiger partial charge < -0.3 is 5.32 Å². The van der Waals surface area contributed by atoms with Crippen LogP contribution in [-0.4, -0.2) is 15.0 Å². The Labute approximate surface area is 136 Å². The van der Waals surface area contributed by atoms with Crippen LogP contribution in [0, 0.1) is 11.8 Å². The first-order chi connectivity index (χ1) is 10.9. The Hall–Kier alpha value is -1.85. The summed E-state index contributed by atoms with van der Waals surface area (Å²) in [6.45, 7) is 2.20. The molecule has 0 unspecified atom stereocenters. The van der Waals surface area contributed by atoms with Gasteiger partial charge in [0.15, 0.2) is 0 Å². The van der Waals surface area contributed by atoms with Gasteiger partial charge in [-0.05, 0) is 31.6 Å². The van der Waals surface area contributed by atoms with Crippen LogP contribution in [0.15, 0.2) is 15.7 Å². The van der Waals surface area contributed by atoms with Gasteiger partial charge in [0.05, 0.1) is 0 Å². The Morgan fingerprint density at radius 1 is 1.17 bits per heavy atom. The Balaban J connectivity index is 1.99. The lowest BCUT2D eigenvalue weighted by Crippen LogP contribution is -2.39. The normalized spacial score (nSPS) is 21.2. The summed E-state index contributed by atoms with van der Waals surface area (Å²) in [4.78, 5) is 36.0. The summed E-state index contributed by atoms with van der Waals surface area (Å²) >= 11 is 0. The molecule has 23 heavy (non-hydrogen) atoms. The number of nitrogens with zero attached hydrogens (tertiary/aromatic N) is 2. The summed E-state index contributed by atoms with van der Waals surface area (Å²) in [7, 11) is 2.98. The van der Waals surface area contributed by atoms with Gasteiger partial charge in [0, 0.05) is 26.1 Å². The van der Waals surface area contributed by atoms with E-state index in [0.29, 0.717) is 0 Å². The number of hydrogen-bond donors (Lipinski definition) is 1. The van der Waals surface area contributed by atoms with Crippen molar-refractivity contribution in [3.63, 3.8) is 0 Å². The molecule has 6 heteroatoms. The van der Waals surface area contributed by atoms with Crippen LogP contribution in [0.4, 0.5) is 5.82 Å². The average Bonchev–Trinajstić information content (AvgIpc) is 2.56. The molecule has 2 rings (SSSR count). The van der Waals surface area contributed by atoms with Gasteiger partial charge >= 0.3 is 5.69 Å². The van der Waals surface area contributed by atoms with E-state index in [0.717, 1.165) is 36.2 Å². The van der Waals surface area contributed by atoms with Gasteiger partial charge in [0.25, 0.3) is 5.56 Å². The van der Waals surface area contributed by atoms with E-state index in [1.165, 1.54) is 36.9 Å². The quantitative estimate of drug-likeness (QED) is 0.901. The van der Waals surface area contributed by atoms with Crippen LogP contribution in [0.1, 0.15) is 51.9 Å². The highest BCUT2D eigenvalue weighted by atomic mass is 16.2. The van der Waals surface area contributed by atoms with Crippen molar-refractivity contribution in [1.29, 1.82) is 0 Å². The number of rotatable bonds is 5. The molecule has 0 aliphatic heterocycles. The fourth-order valence-electron chi connectivity index (χ4n) is 3.29. The molecule has 1 N–H and O–H groups in total. The Morgan fingerprint density at radius 2 is 1.83 bits per heavy atom.